The summed E-state index contributed by atoms with van der Waals surface area (Å²) in [6.45, 7) is 5.37. The van der Waals surface area contributed by atoms with Crippen LogP contribution in [0.2, 0.25) is 0 Å². The molecule has 2 aromatic carbocycles. The molecular formula is C21H22N2O5S2. The van der Waals surface area contributed by atoms with E-state index in [2.05, 4.69) is 4.99 Å². The van der Waals surface area contributed by atoms with E-state index in [1.165, 1.54) is 42.7 Å². The zero-order valence-electron chi connectivity index (χ0n) is 17.1. The molecule has 3 rings (SSSR count). The number of carbonyl (C=O) groups excluding carboxylic acids is 2. The van der Waals surface area contributed by atoms with Gasteiger partial charge in [0, 0.05) is 5.56 Å². The fraction of sp³-hybridized carbons (Fsp3) is 0.286. The first-order valence-corrected chi connectivity index (χ1v) is 11.7. The van der Waals surface area contributed by atoms with Gasteiger partial charge in [-0.05, 0) is 49.2 Å². The molecule has 0 N–H and O–H groups in total. The van der Waals surface area contributed by atoms with Gasteiger partial charge in [-0.3, -0.25) is 9.59 Å². The van der Waals surface area contributed by atoms with E-state index in [9.17, 15) is 18.0 Å². The summed E-state index contributed by atoms with van der Waals surface area (Å²) in [6.07, 6.45) is 0. The van der Waals surface area contributed by atoms with Crippen molar-refractivity contribution in [1.29, 1.82) is 0 Å². The van der Waals surface area contributed by atoms with Crippen LogP contribution >= 0.6 is 11.3 Å². The lowest BCUT2D eigenvalue weighted by molar-refractivity contribution is -0.141. The number of fused-ring (bicyclic) bond motifs is 1. The highest BCUT2D eigenvalue weighted by Gasteiger charge is 2.16. The van der Waals surface area contributed by atoms with Crippen LogP contribution in [0, 0.1) is 13.8 Å². The van der Waals surface area contributed by atoms with Gasteiger partial charge >= 0.3 is 5.97 Å². The second-order valence-corrected chi connectivity index (χ2v) is 10.1. The van der Waals surface area contributed by atoms with Gasteiger partial charge in [0.15, 0.2) is 14.6 Å². The minimum atomic E-state index is -3.44. The molecule has 9 heteroatoms. The Morgan fingerprint density at radius 1 is 1.17 bits per heavy atom. The Balaban J connectivity index is 2.17. The minimum Gasteiger partial charge on any atom is -0.468 e. The van der Waals surface area contributed by atoms with Crippen molar-refractivity contribution >= 4 is 43.3 Å². The summed E-state index contributed by atoms with van der Waals surface area (Å²) >= 11 is 1.30. The molecule has 1 heterocycles. The molecule has 0 unspecified atom stereocenters. The lowest BCUT2D eigenvalue weighted by Gasteiger charge is -2.05. The number of carbonyl (C=O) groups is 2. The number of ether oxygens (including phenoxy) is 1. The maximum absolute atomic E-state index is 12.8. The largest absolute Gasteiger partial charge is 0.468 e. The SMILES string of the molecule is CCS(=O)(=O)c1cccc(C(=O)N=c2sc3c(C)cc(C)cc3n2CC(=O)OC)c1. The molecule has 0 saturated carbocycles. The number of nitrogens with zero attached hydrogens (tertiary/aromatic N) is 2. The molecule has 0 spiro atoms. The average Bonchev–Trinajstić information content (AvgIpc) is 3.05. The van der Waals surface area contributed by atoms with Crippen molar-refractivity contribution in [2.24, 2.45) is 4.99 Å². The van der Waals surface area contributed by atoms with Gasteiger partial charge in [-0.1, -0.05) is 30.4 Å². The van der Waals surface area contributed by atoms with Crippen LogP contribution < -0.4 is 4.80 Å². The van der Waals surface area contributed by atoms with Crippen LogP contribution in [-0.4, -0.2) is 37.7 Å². The summed E-state index contributed by atoms with van der Waals surface area (Å²) in [4.78, 5) is 29.4. The van der Waals surface area contributed by atoms with E-state index in [4.69, 9.17) is 4.74 Å². The molecule has 3 aromatic rings. The Morgan fingerprint density at radius 2 is 1.90 bits per heavy atom. The van der Waals surface area contributed by atoms with Crippen LogP contribution in [0.4, 0.5) is 0 Å². The number of thiazole rings is 1. The summed E-state index contributed by atoms with van der Waals surface area (Å²) < 4.78 is 31.6. The van der Waals surface area contributed by atoms with Crippen molar-refractivity contribution in [3.63, 3.8) is 0 Å². The molecule has 1 amide bonds. The quantitative estimate of drug-likeness (QED) is 0.562. The number of rotatable bonds is 5. The van der Waals surface area contributed by atoms with E-state index in [1.807, 2.05) is 26.0 Å². The fourth-order valence-corrected chi connectivity index (χ4v) is 5.09. The summed E-state index contributed by atoms with van der Waals surface area (Å²) in [6, 6.07) is 9.78. The maximum atomic E-state index is 12.8. The lowest BCUT2D eigenvalue weighted by Crippen LogP contribution is -2.22. The summed E-state index contributed by atoms with van der Waals surface area (Å²) in [5.41, 5.74) is 2.99. The molecule has 0 saturated heterocycles. The summed E-state index contributed by atoms with van der Waals surface area (Å²) in [5.74, 6) is -1.10. The van der Waals surface area contributed by atoms with Gasteiger partial charge in [0.1, 0.15) is 6.54 Å². The number of aryl methyl sites for hydroxylation is 2. The van der Waals surface area contributed by atoms with Gasteiger partial charge in [-0.25, -0.2) is 8.42 Å². The van der Waals surface area contributed by atoms with Gasteiger partial charge in [0.2, 0.25) is 0 Å². The number of benzene rings is 2. The molecule has 0 aliphatic rings. The zero-order chi connectivity index (χ0) is 22.1. The van der Waals surface area contributed by atoms with Crippen LogP contribution in [-0.2, 0) is 25.9 Å². The highest BCUT2D eigenvalue weighted by Crippen LogP contribution is 2.24. The van der Waals surface area contributed by atoms with Gasteiger partial charge in [-0.15, -0.1) is 0 Å². The molecule has 0 fully saturated rings. The number of amides is 1. The number of hydrogen-bond donors (Lipinski definition) is 0. The molecular weight excluding hydrogens is 424 g/mol. The Bertz CT molecular complexity index is 1320. The first-order chi connectivity index (χ1) is 14.2. The summed E-state index contributed by atoms with van der Waals surface area (Å²) in [7, 11) is -2.14. The van der Waals surface area contributed by atoms with Crippen molar-refractivity contribution in [2.45, 2.75) is 32.2 Å². The topological polar surface area (TPSA) is 94.8 Å². The number of methoxy groups -OCH3 is 1. The minimum absolute atomic E-state index is 0.0597. The van der Waals surface area contributed by atoms with Crippen LogP contribution in [0.5, 0.6) is 0 Å². The number of sulfone groups is 1. The molecule has 0 atom stereocenters. The van der Waals surface area contributed by atoms with Crippen molar-refractivity contribution < 1.29 is 22.7 Å². The standard InChI is InChI=1S/C21H22N2O5S2/c1-5-30(26,27)16-8-6-7-15(11-16)20(25)22-21-23(12-18(24)28-4)17-10-13(2)9-14(3)19(17)29-21/h6-11H,5,12H2,1-4H3. The van der Waals surface area contributed by atoms with E-state index in [0.29, 0.717) is 4.80 Å². The van der Waals surface area contributed by atoms with Gasteiger partial charge in [-0.2, -0.15) is 4.99 Å². The third-order valence-corrected chi connectivity index (χ3v) is 7.61. The van der Waals surface area contributed by atoms with Crippen LogP contribution in [0.3, 0.4) is 0 Å². The molecule has 0 aliphatic heterocycles. The molecule has 0 bridgehead atoms. The Labute approximate surface area is 178 Å². The Kier molecular flexibility index (Phi) is 6.23. The molecule has 158 valence electrons. The monoisotopic (exact) mass is 446 g/mol. The smallest absolute Gasteiger partial charge is 0.325 e. The molecule has 0 aliphatic carbocycles. The van der Waals surface area contributed by atoms with E-state index < -0.39 is 21.7 Å². The first-order valence-electron chi connectivity index (χ1n) is 9.25. The Morgan fingerprint density at radius 3 is 2.57 bits per heavy atom. The van der Waals surface area contributed by atoms with Gasteiger partial charge in [0.05, 0.1) is 28.0 Å². The first kappa shape index (κ1) is 21.9. The normalized spacial score (nSPS) is 12.3. The van der Waals surface area contributed by atoms with Crippen molar-refractivity contribution in [3.8, 4) is 0 Å². The number of aromatic nitrogens is 1. The van der Waals surface area contributed by atoms with E-state index in [0.717, 1.165) is 21.3 Å². The number of hydrogen-bond acceptors (Lipinski definition) is 6. The van der Waals surface area contributed by atoms with Crippen LogP contribution in [0.1, 0.15) is 28.4 Å². The molecule has 0 radical (unpaired) electrons. The Hall–Kier alpha value is -2.78. The highest BCUT2D eigenvalue weighted by atomic mass is 32.2. The summed E-state index contributed by atoms with van der Waals surface area (Å²) in [5, 5.41) is 0. The van der Waals surface area contributed by atoms with E-state index in [1.54, 1.807) is 11.5 Å². The van der Waals surface area contributed by atoms with Crippen LogP contribution in [0.15, 0.2) is 46.3 Å². The molecule has 1 aromatic heterocycles. The molecule has 30 heavy (non-hydrogen) atoms. The third-order valence-electron chi connectivity index (χ3n) is 4.65. The predicted molar refractivity (Wildman–Crippen MR) is 115 cm³/mol. The van der Waals surface area contributed by atoms with Crippen molar-refractivity contribution in [2.75, 3.05) is 12.9 Å². The third kappa shape index (κ3) is 4.36. The predicted octanol–water partition coefficient (Wildman–Crippen LogP) is 3.03. The maximum Gasteiger partial charge on any atom is 0.325 e. The van der Waals surface area contributed by atoms with Crippen LogP contribution in [0.25, 0.3) is 10.2 Å². The lowest BCUT2D eigenvalue weighted by atomic mass is 10.1. The number of esters is 1. The second kappa shape index (κ2) is 8.53. The average molecular weight is 447 g/mol. The van der Waals surface area contributed by atoms with Gasteiger partial charge in [0.25, 0.3) is 5.91 Å². The fourth-order valence-electron chi connectivity index (χ4n) is 3.08. The van der Waals surface area contributed by atoms with Crippen molar-refractivity contribution in [1.82, 2.24) is 4.57 Å². The molecule has 7 nitrogen and oxygen atoms in total. The van der Waals surface area contributed by atoms with Gasteiger partial charge < -0.3 is 9.30 Å². The highest BCUT2D eigenvalue weighted by molar-refractivity contribution is 7.91. The second-order valence-electron chi connectivity index (χ2n) is 6.83. The zero-order valence-corrected chi connectivity index (χ0v) is 18.8. The van der Waals surface area contributed by atoms with E-state index >= 15 is 0 Å². The van der Waals surface area contributed by atoms with E-state index in [-0.39, 0.29) is 22.8 Å². The van der Waals surface area contributed by atoms with Crippen molar-refractivity contribution in [3.05, 3.63) is 57.9 Å².